The lowest BCUT2D eigenvalue weighted by Gasteiger charge is -2.13. The SMILES string of the molecule is N#CSc1c(Br)nn(-c2c(Cl)cc(C(F)(F)F)cc2Cl)c1N. The average Bonchev–Trinajstić information content (AvgIpc) is 2.65. The Kier molecular flexibility index (Phi) is 4.87. The first-order chi connectivity index (χ1) is 10.2. The van der Waals surface area contributed by atoms with Crippen LogP contribution >= 0.6 is 50.9 Å². The Morgan fingerprint density at radius 1 is 1.32 bits per heavy atom. The van der Waals surface area contributed by atoms with Crippen LogP contribution in [0, 0.1) is 10.7 Å². The highest BCUT2D eigenvalue weighted by Crippen LogP contribution is 2.40. The van der Waals surface area contributed by atoms with Crippen LogP contribution in [0.25, 0.3) is 5.69 Å². The summed E-state index contributed by atoms with van der Waals surface area (Å²) in [6, 6.07) is 1.46. The summed E-state index contributed by atoms with van der Waals surface area (Å²) in [4.78, 5) is 0.314. The number of rotatable bonds is 2. The Morgan fingerprint density at radius 2 is 1.86 bits per heavy atom. The van der Waals surface area contributed by atoms with Gasteiger partial charge in [-0.25, -0.2) is 4.68 Å². The standard InChI is InChI=1S/C11H4BrCl2F3N4S/c12-9-8(22-3-18)10(19)21(20-9)7-5(13)1-4(2-6(7)14)11(15,16)17/h1-2H,19H2. The number of nitriles is 1. The van der Waals surface area contributed by atoms with E-state index in [1.807, 2.05) is 5.40 Å². The highest BCUT2D eigenvalue weighted by Gasteiger charge is 2.32. The molecular weight excluding hydrogens is 428 g/mol. The van der Waals surface area contributed by atoms with Crippen LogP contribution in [0.15, 0.2) is 21.6 Å². The number of anilines is 1. The quantitative estimate of drug-likeness (QED) is 0.529. The summed E-state index contributed by atoms with van der Waals surface area (Å²) >= 11 is 15.7. The van der Waals surface area contributed by atoms with Crippen molar-refractivity contribution < 1.29 is 13.2 Å². The Balaban J connectivity index is 2.65. The van der Waals surface area contributed by atoms with Crippen molar-refractivity contribution in [2.24, 2.45) is 0 Å². The number of benzene rings is 1. The van der Waals surface area contributed by atoms with Crippen molar-refractivity contribution in [3.8, 4) is 11.1 Å². The van der Waals surface area contributed by atoms with Gasteiger partial charge in [-0.3, -0.25) is 0 Å². The van der Waals surface area contributed by atoms with Crippen LogP contribution in [0.5, 0.6) is 0 Å². The number of thioether (sulfide) groups is 1. The Morgan fingerprint density at radius 3 is 2.32 bits per heavy atom. The molecule has 11 heteroatoms. The van der Waals surface area contributed by atoms with E-state index in [0.29, 0.717) is 4.90 Å². The van der Waals surface area contributed by atoms with Gasteiger partial charge in [-0.15, -0.1) is 0 Å². The first-order valence-corrected chi connectivity index (χ1v) is 7.70. The lowest BCUT2D eigenvalue weighted by atomic mass is 10.2. The summed E-state index contributed by atoms with van der Waals surface area (Å²) in [5.74, 6) is 0.0296. The molecule has 0 spiro atoms. The monoisotopic (exact) mass is 430 g/mol. The molecule has 0 aliphatic rings. The van der Waals surface area contributed by atoms with Gasteiger partial charge in [-0.05, 0) is 39.8 Å². The van der Waals surface area contributed by atoms with Crippen molar-refractivity contribution in [3.05, 3.63) is 32.3 Å². The summed E-state index contributed by atoms with van der Waals surface area (Å²) in [6.07, 6.45) is -4.58. The third kappa shape index (κ3) is 3.15. The summed E-state index contributed by atoms with van der Waals surface area (Å²) in [6.45, 7) is 0. The summed E-state index contributed by atoms with van der Waals surface area (Å²) in [5.41, 5.74) is 4.86. The molecule has 0 aliphatic carbocycles. The predicted octanol–water partition coefficient (Wildman–Crippen LogP) is 5.12. The van der Waals surface area contributed by atoms with Crippen LogP contribution in [0.1, 0.15) is 5.56 Å². The number of hydrogen-bond donors (Lipinski definition) is 1. The maximum absolute atomic E-state index is 12.7. The van der Waals surface area contributed by atoms with Gasteiger partial charge in [0.15, 0.2) is 0 Å². The zero-order chi connectivity index (χ0) is 16.7. The third-order valence-corrected chi connectivity index (χ3v) is 4.63. The Bertz CT molecular complexity index is 762. The molecule has 0 saturated heterocycles. The van der Waals surface area contributed by atoms with Gasteiger partial charge in [0.1, 0.15) is 21.5 Å². The summed E-state index contributed by atoms with van der Waals surface area (Å²) in [7, 11) is 0. The van der Waals surface area contributed by atoms with Gasteiger partial charge in [0.25, 0.3) is 0 Å². The van der Waals surface area contributed by atoms with Gasteiger partial charge < -0.3 is 5.73 Å². The Hall–Kier alpha value is -1.08. The van der Waals surface area contributed by atoms with E-state index in [2.05, 4.69) is 21.0 Å². The van der Waals surface area contributed by atoms with Gasteiger partial charge in [-0.2, -0.15) is 23.5 Å². The lowest BCUT2D eigenvalue weighted by Crippen LogP contribution is -2.08. The number of nitrogens with zero attached hydrogens (tertiary/aromatic N) is 3. The van der Waals surface area contributed by atoms with Crippen molar-refractivity contribution in [1.82, 2.24) is 9.78 Å². The second-order valence-electron chi connectivity index (χ2n) is 3.90. The molecular formula is C11H4BrCl2F3N4S. The number of nitrogen functional groups attached to an aromatic ring is 1. The number of aromatic nitrogens is 2. The van der Waals surface area contributed by atoms with E-state index in [1.165, 1.54) is 0 Å². The molecule has 0 saturated carbocycles. The van der Waals surface area contributed by atoms with E-state index in [0.717, 1.165) is 28.6 Å². The number of alkyl halides is 3. The number of nitrogens with two attached hydrogens (primary N) is 1. The van der Waals surface area contributed by atoms with Crippen molar-refractivity contribution >= 4 is 56.7 Å². The van der Waals surface area contributed by atoms with Crippen LogP contribution in [-0.4, -0.2) is 9.78 Å². The van der Waals surface area contributed by atoms with Crippen molar-refractivity contribution in [2.45, 2.75) is 11.1 Å². The second-order valence-corrected chi connectivity index (χ2v) is 6.26. The molecule has 2 rings (SSSR count). The molecule has 0 amide bonds. The van der Waals surface area contributed by atoms with Crippen molar-refractivity contribution in [1.29, 1.82) is 5.26 Å². The number of halogens is 6. The summed E-state index contributed by atoms with van der Waals surface area (Å²) < 4.78 is 39.5. The fourth-order valence-electron chi connectivity index (χ4n) is 1.63. The van der Waals surface area contributed by atoms with Gasteiger partial charge >= 0.3 is 6.18 Å². The normalized spacial score (nSPS) is 11.5. The Labute approximate surface area is 145 Å². The minimum Gasteiger partial charge on any atom is -0.383 e. The van der Waals surface area contributed by atoms with E-state index in [9.17, 15) is 13.2 Å². The van der Waals surface area contributed by atoms with Crippen LogP contribution < -0.4 is 5.73 Å². The molecule has 1 heterocycles. The first-order valence-electron chi connectivity index (χ1n) is 5.33. The van der Waals surface area contributed by atoms with Gasteiger partial charge in [-0.1, -0.05) is 23.2 Å². The van der Waals surface area contributed by atoms with E-state index in [4.69, 9.17) is 34.2 Å². The molecule has 0 unspecified atom stereocenters. The molecule has 116 valence electrons. The van der Waals surface area contributed by atoms with E-state index in [1.54, 1.807) is 0 Å². The topological polar surface area (TPSA) is 67.6 Å². The molecule has 4 nitrogen and oxygen atoms in total. The van der Waals surface area contributed by atoms with Crippen molar-refractivity contribution in [3.63, 3.8) is 0 Å². The lowest BCUT2D eigenvalue weighted by molar-refractivity contribution is -0.137. The molecule has 0 bridgehead atoms. The van der Waals surface area contributed by atoms with Gasteiger partial charge in [0.05, 0.1) is 20.5 Å². The van der Waals surface area contributed by atoms with Crippen LogP contribution in [-0.2, 0) is 6.18 Å². The highest BCUT2D eigenvalue weighted by atomic mass is 79.9. The molecule has 0 radical (unpaired) electrons. The minimum absolute atomic E-state index is 0.000627. The number of thiocyanates is 1. The molecule has 22 heavy (non-hydrogen) atoms. The predicted molar refractivity (Wildman–Crippen MR) is 82.2 cm³/mol. The molecule has 1 aromatic heterocycles. The van der Waals surface area contributed by atoms with Gasteiger partial charge in [0, 0.05) is 0 Å². The maximum atomic E-state index is 12.7. The smallest absolute Gasteiger partial charge is 0.383 e. The number of hydrogen-bond acceptors (Lipinski definition) is 4. The maximum Gasteiger partial charge on any atom is 0.416 e. The highest BCUT2D eigenvalue weighted by molar-refractivity contribution is 9.10. The third-order valence-electron chi connectivity index (χ3n) is 2.54. The average molecular weight is 432 g/mol. The molecule has 0 aliphatic heterocycles. The second kappa shape index (κ2) is 6.20. The van der Waals surface area contributed by atoms with Crippen molar-refractivity contribution in [2.75, 3.05) is 5.73 Å². The zero-order valence-electron chi connectivity index (χ0n) is 10.2. The molecule has 1 aromatic carbocycles. The van der Waals surface area contributed by atoms with E-state index in [-0.39, 0.29) is 26.2 Å². The first kappa shape index (κ1) is 17.3. The van der Waals surface area contributed by atoms with Crippen LogP contribution in [0.4, 0.5) is 19.0 Å². The fraction of sp³-hybridized carbons (Fsp3) is 0.0909. The van der Waals surface area contributed by atoms with Crippen LogP contribution in [0.2, 0.25) is 10.0 Å². The zero-order valence-corrected chi connectivity index (χ0v) is 14.2. The molecule has 2 aromatic rings. The largest absolute Gasteiger partial charge is 0.416 e. The summed E-state index contributed by atoms with van der Waals surface area (Å²) in [5, 5.41) is 14.0. The van der Waals surface area contributed by atoms with E-state index < -0.39 is 11.7 Å². The fourth-order valence-corrected chi connectivity index (χ4v) is 3.29. The van der Waals surface area contributed by atoms with Gasteiger partial charge in [0.2, 0.25) is 0 Å². The van der Waals surface area contributed by atoms with Crippen LogP contribution in [0.3, 0.4) is 0 Å². The molecule has 0 atom stereocenters. The minimum atomic E-state index is -4.58. The molecule has 0 fully saturated rings. The van der Waals surface area contributed by atoms with E-state index >= 15 is 0 Å². The molecule has 2 N–H and O–H groups in total.